The summed E-state index contributed by atoms with van der Waals surface area (Å²) in [5.74, 6) is -1.37. The van der Waals surface area contributed by atoms with Crippen molar-refractivity contribution in [2.45, 2.75) is 24.9 Å². The van der Waals surface area contributed by atoms with Crippen molar-refractivity contribution in [1.29, 1.82) is 0 Å². The van der Waals surface area contributed by atoms with Gasteiger partial charge < -0.3 is 19.9 Å². The van der Waals surface area contributed by atoms with E-state index in [-0.39, 0.29) is 12.5 Å². The molecule has 2 aromatic rings. The average molecular weight is 567 g/mol. The largest absolute Gasteiger partial charge is 0.481 e. The van der Waals surface area contributed by atoms with Gasteiger partial charge in [0.1, 0.15) is 11.9 Å². The summed E-state index contributed by atoms with van der Waals surface area (Å²) in [4.78, 5) is 35.4. The minimum absolute atomic E-state index is 0.0117. The van der Waals surface area contributed by atoms with Crippen LogP contribution in [0.2, 0.25) is 0 Å². The van der Waals surface area contributed by atoms with Crippen LogP contribution in [-0.4, -0.2) is 72.2 Å². The Balaban J connectivity index is 1.76. The summed E-state index contributed by atoms with van der Waals surface area (Å²) in [6, 6.07) is 3.33. The van der Waals surface area contributed by atoms with Gasteiger partial charge in [-0.1, -0.05) is 22.0 Å². The van der Waals surface area contributed by atoms with Gasteiger partial charge in [0.15, 0.2) is 10.8 Å². The number of nitrogens with one attached hydrogen (secondary N) is 1. The van der Waals surface area contributed by atoms with Crippen molar-refractivity contribution in [2.75, 3.05) is 33.4 Å². The summed E-state index contributed by atoms with van der Waals surface area (Å²) in [6.07, 6.45) is 2.09. The third-order valence-electron chi connectivity index (χ3n) is 5.83. The molecule has 2 aliphatic rings. The maximum absolute atomic E-state index is 13.8. The van der Waals surface area contributed by atoms with E-state index in [1.807, 2.05) is 5.38 Å². The van der Waals surface area contributed by atoms with Gasteiger partial charge in [0.2, 0.25) is 0 Å². The summed E-state index contributed by atoms with van der Waals surface area (Å²) in [5.41, 5.74) is 1.47. The van der Waals surface area contributed by atoms with Crippen LogP contribution in [0.25, 0.3) is 0 Å². The van der Waals surface area contributed by atoms with E-state index in [1.54, 1.807) is 12.3 Å². The van der Waals surface area contributed by atoms with Gasteiger partial charge in [-0.25, -0.2) is 14.2 Å². The Morgan fingerprint density at radius 1 is 1.43 bits per heavy atom. The summed E-state index contributed by atoms with van der Waals surface area (Å²) >= 11 is 4.81. The predicted octanol–water partition coefficient (Wildman–Crippen LogP) is 3.13. The molecule has 1 fully saturated rings. The number of benzene rings is 1. The number of aromatic nitrogens is 1. The average Bonchev–Trinajstić information content (AvgIpc) is 3.38. The number of hydrogen-bond acceptors (Lipinski definition) is 9. The standard InChI is InChI=1S/C23H24BrFN4O5S/c1-33-23(32)19-17(11-29-7-8-34-12-14(29)3-5-18(30)31)27-21(22-26-6-9-35-22)28-20(19)15-4-2-13(25)10-16(15)24/h2,4,6,9-10,14,20H,3,5,7-8,11-12H2,1H3,(H,27,28)(H,30,31). The highest BCUT2D eigenvalue weighted by molar-refractivity contribution is 9.10. The Morgan fingerprint density at radius 3 is 2.94 bits per heavy atom. The number of hydrogen-bond donors (Lipinski definition) is 2. The Hall–Kier alpha value is -2.67. The van der Waals surface area contributed by atoms with E-state index in [9.17, 15) is 14.0 Å². The number of amidine groups is 1. The fraction of sp³-hybridized carbons (Fsp3) is 0.391. The Kier molecular flexibility index (Phi) is 8.26. The quantitative estimate of drug-likeness (QED) is 0.468. The van der Waals surface area contributed by atoms with Gasteiger partial charge in [-0.05, 0) is 24.1 Å². The zero-order valence-electron chi connectivity index (χ0n) is 18.9. The van der Waals surface area contributed by atoms with Gasteiger partial charge in [0, 0.05) is 47.3 Å². The van der Waals surface area contributed by atoms with Gasteiger partial charge in [-0.2, -0.15) is 0 Å². The van der Waals surface area contributed by atoms with Gasteiger partial charge in [0.05, 0.1) is 25.9 Å². The minimum Gasteiger partial charge on any atom is -0.481 e. The van der Waals surface area contributed by atoms with E-state index in [4.69, 9.17) is 19.6 Å². The molecule has 9 nitrogen and oxygen atoms in total. The molecular weight excluding hydrogens is 543 g/mol. The lowest BCUT2D eigenvalue weighted by Crippen LogP contribution is -2.49. The van der Waals surface area contributed by atoms with Crippen LogP contribution in [0.4, 0.5) is 4.39 Å². The van der Waals surface area contributed by atoms with Crippen molar-refractivity contribution in [3.8, 4) is 0 Å². The van der Waals surface area contributed by atoms with Crippen molar-refractivity contribution in [3.05, 3.63) is 61.9 Å². The second kappa shape index (κ2) is 11.4. The second-order valence-electron chi connectivity index (χ2n) is 8.02. The predicted molar refractivity (Wildman–Crippen MR) is 131 cm³/mol. The van der Waals surface area contributed by atoms with Crippen molar-refractivity contribution in [1.82, 2.24) is 15.2 Å². The highest BCUT2D eigenvalue weighted by atomic mass is 79.9. The molecule has 1 saturated heterocycles. The summed E-state index contributed by atoms with van der Waals surface area (Å²) in [7, 11) is 1.30. The number of aliphatic imine (C=N–C) groups is 1. The van der Waals surface area contributed by atoms with Crippen LogP contribution in [0.15, 0.2) is 50.5 Å². The van der Waals surface area contributed by atoms with Crippen LogP contribution >= 0.6 is 27.3 Å². The SMILES string of the molecule is COC(=O)C1=C(CN2CCOCC2CCC(=O)O)NC(c2nccs2)=NC1c1ccc(F)cc1Br. The number of carboxylic acid groups (broad SMARTS) is 1. The Labute approximate surface area is 213 Å². The van der Waals surface area contributed by atoms with E-state index in [2.05, 4.69) is 31.1 Å². The lowest BCUT2D eigenvalue weighted by Gasteiger charge is -2.37. The van der Waals surface area contributed by atoms with Gasteiger partial charge in [-0.15, -0.1) is 11.3 Å². The molecular formula is C23H24BrFN4O5S. The third kappa shape index (κ3) is 5.95. The van der Waals surface area contributed by atoms with E-state index in [0.717, 1.165) is 0 Å². The molecule has 0 aliphatic carbocycles. The van der Waals surface area contributed by atoms with Crippen LogP contribution in [0, 0.1) is 5.82 Å². The minimum atomic E-state index is -0.875. The van der Waals surface area contributed by atoms with Crippen LogP contribution in [-0.2, 0) is 19.1 Å². The molecule has 0 amide bonds. The highest BCUT2D eigenvalue weighted by Gasteiger charge is 2.35. The number of carbonyl (C=O) groups excluding carboxylic acids is 1. The molecule has 2 unspecified atom stereocenters. The van der Waals surface area contributed by atoms with Crippen molar-refractivity contribution in [3.63, 3.8) is 0 Å². The molecule has 2 atom stereocenters. The van der Waals surface area contributed by atoms with Gasteiger partial charge in [0.25, 0.3) is 0 Å². The molecule has 186 valence electrons. The maximum atomic E-state index is 13.8. The zero-order chi connectivity index (χ0) is 24.9. The zero-order valence-corrected chi connectivity index (χ0v) is 21.3. The van der Waals surface area contributed by atoms with Crippen molar-refractivity contribution >= 4 is 45.0 Å². The normalized spacial score (nSPS) is 20.8. The summed E-state index contributed by atoms with van der Waals surface area (Å²) in [6.45, 7) is 1.77. The Bertz CT molecular complexity index is 1160. The lowest BCUT2D eigenvalue weighted by molar-refractivity contribution is -0.138. The van der Waals surface area contributed by atoms with Gasteiger partial charge >= 0.3 is 11.9 Å². The highest BCUT2D eigenvalue weighted by Crippen LogP contribution is 2.37. The summed E-state index contributed by atoms with van der Waals surface area (Å²) in [5, 5.41) is 14.9. The first-order valence-corrected chi connectivity index (χ1v) is 12.6. The number of morpholine rings is 1. The van der Waals surface area contributed by atoms with Crippen LogP contribution in [0.1, 0.15) is 29.5 Å². The van der Waals surface area contributed by atoms with E-state index >= 15 is 0 Å². The molecule has 1 aromatic carbocycles. The number of thiazole rings is 1. The summed E-state index contributed by atoms with van der Waals surface area (Å²) < 4.78 is 25.0. The first-order valence-electron chi connectivity index (χ1n) is 10.9. The maximum Gasteiger partial charge on any atom is 0.338 e. The van der Waals surface area contributed by atoms with Crippen molar-refractivity contribution < 1.29 is 28.6 Å². The number of methoxy groups -OCH3 is 1. The van der Waals surface area contributed by atoms with Gasteiger partial charge in [-0.3, -0.25) is 14.7 Å². The number of halogens is 2. The fourth-order valence-electron chi connectivity index (χ4n) is 4.12. The number of ether oxygens (including phenoxy) is 2. The second-order valence-corrected chi connectivity index (χ2v) is 9.77. The first kappa shape index (κ1) is 25.4. The number of nitrogens with zero attached hydrogens (tertiary/aromatic N) is 3. The molecule has 0 radical (unpaired) electrons. The molecule has 2 N–H and O–H groups in total. The Morgan fingerprint density at radius 2 is 2.26 bits per heavy atom. The monoisotopic (exact) mass is 566 g/mol. The number of carboxylic acids is 1. The van der Waals surface area contributed by atoms with Crippen LogP contribution in [0.5, 0.6) is 0 Å². The van der Waals surface area contributed by atoms with Crippen LogP contribution < -0.4 is 5.32 Å². The first-order chi connectivity index (χ1) is 16.9. The molecule has 1 aromatic heterocycles. The molecule has 0 saturated carbocycles. The lowest BCUT2D eigenvalue weighted by atomic mass is 9.95. The van der Waals surface area contributed by atoms with E-state index in [0.29, 0.717) is 64.9 Å². The number of aliphatic carboxylic acids is 1. The van der Waals surface area contributed by atoms with E-state index in [1.165, 1.54) is 30.6 Å². The molecule has 3 heterocycles. The molecule has 12 heteroatoms. The van der Waals surface area contributed by atoms with Crippen LogP contribution in [0.3, 0.4) is 0 Å². The number of carbonyl (C=O) groups is 2. The van der Waals surface area contributed by atoms with Crippen molar-refractivity contribution in [2.24, 2.45) is 4.99 Å². The third-order valence-corrected chi connectivity index (χ3v) is 7.29. The fourth-order valence-corrected chi connectivity index (χ4v) is 5.28. The number of esters is 1. The molecule has 35 heavy (non-hydrogen) atoms. The van der Waals surface area contributed by atoms with E-state index < -0.39 is 23.8 Å². The molecule has 0 bridgehead atoms. The smallest absolute Gasteiger partial charge is 0.338 e. The molecule has 0 spiro atoms. The molecule has 4 rings (SSSR count). The number of rotatable bonds is 8. The topological polar surface area (TPSA) is 113 Å². The molecule has 2 aliphatic heterocycles.